The van der Waals surface area contributed by atoms with Crippen molar-refractivity contribution >= 4 is 28.6 Å². The second-order valence-corrected chi connectivity index (χ2v) is 5.96. The minimum atomic E-state index is -1.11. The molecular weight excluding hydrogens is 322 g/mol. The molecule has 0 aliphatic carbocycles. The number of hydrogen-bond donors (Lipinski definition) is 0. The molecule has 25 heavy (non-hydrogen) atoms. The summed E-state index contributed by atoms with van der Waals surface area (Å²) in [6.07, 6.45) is -0.608. The molecule has 0 saturated heterocycles. The topological polar surface area (TPSA) is 72.9 Å². The molecule has 0 aromatic heterocycles. The lowest BCUT2D eigenvalue weighted by Gasteiger charge is -2.37. The van der Waals surface area contributed by atoms with E-state index in [2.05, 4.69) is 0 Å². The quantitative estimate of drug-likeness (QED) is 0.631. The maximum Gasteiger partial charge on any atom is 0.415 e. The lowest BCUT2D eigenvalue weighted by atomic mass is 9.85. The summed E-state index contributed by atoms with van der Waals surface area (Å²) >= 11 is 0. The highest BCUT2D eigenvalue weighted by Gasteiger charge is 2.44. The van der Waals surface area contributed by atoms with Crippen LogP contribution in [0.1, 0.15) is 25.5 Å². The lowest BCUT2D eigenvalue weighted by Crippen LogP contribution is -2.45. The monoisotopic (exact) mass is 341 g/mol. The molecule has 1 amide bonds. The Bertz CT molecular complexity index is 860. The van der Waals surface area contributed by atoms with Crippen molar-refractivity contribution in [1.29, 1.82) is 0 Å². The van der Waals surface area contributed by atoms with Gasteiger partial charge in [0.2, 0.25) is 0 Å². The number of ether oxygens (including phenoxy) is 2. The van der Waals surface area contributed by atoms with Crippen LogP contribution in [0.3, 0.4) is 0 Å². The Morgan fingerprint density at radius 3 is 2.64 bits per heavy atom. The third kappa shape index (κ3) is 2.84. The van der Waals surface area contributed by atoms with Gasteiger partial charge < -0.3 is 14.4 Å². The number of fused-ring (bicyclic) bond motifs is 3. The van der Waals surface area contributed by atoms with E-state index in [-0.39, 0.29) is 12.4 Å². The predicted molar refractivity (Wildman–Crippen MR) is 91.3 cm³/mol. The Balaban J connectivity index is 2.25. The molecule has 2 aromatic carbocycles. The summed E-state index contributed by atoms with van der Waals surface area (Å²) < 4.78 is 10.5. The normalized spacial score (nSPS) is 17.6. The van der Waals surface area contributed by atoms with E-state index in [0.29, 0.717) is 11.3 Å². The molecule has 1 aliphatic rings. The molecule has 0 saturated carbocycles. The van der Waals surface area contributed by atoms with Crippen LogP contribution in [0.5, 0.6) is 5.75 Å². The summed E-state index contributed by atoms with van der Waals surface area (Å²) in [4.78, 5) is 38.3. The van der Waals surface area contributed by atoms with E-state index in [1.165, 1.54) is 18.9 Å². The molecule has 2 atom stereocenters. The first-order chi connectivity index (χ1) is 12.0. The number of hydrogen-bond acceptors (Lipinski definition) is 5. The van der Waals surface area contributed by atoms with Crippen molar-refractivity contribution in [3.63, 3.8) is 0 Å². The predicted octanol–water partition coefficient (Wildman–Crippen LogP) is 3.09. The van der Waals surface area contributed by atoms with Crippen molar-refractivity contribution in [2.24, 2.45) is 5.92 Å². The van der Waals surface area contributed by atoms with Gasteiger partial charge in [0.05, 0.1) is 12.6 Å². The second kappa shape index (κ2) is 6.55. The molecule has 130 valence electrons. The molecular formula is C19H19NO5. The Hall–Kier alpha value is -2.89. The third-order valence-electron chi connectivity index (χ3n) is 4.42. The number of carbonyl (C=O) groups excluding carboxylic acids is 3. The fraction of sp³-hybridized carbons (Fsp3) is 0.316. The van der Waals surface area contributed by atoms with E-state index >= 15 is 0 Å². The van der Waals surface area contributed by atoms with Crippen LogP contribution in [0, 0.1) is 5.92 Å². The number of Topliss-reactive ketones (excluding diaryl/α,β-unsaturated/α-hetero) is 1. The SMILES string of the molecule is CCOC(=O)C(C(C)=O)C1c2c(ccc3ccccc23)OC(=O)N1C. The molecule has 0 spiro atoms. The molecule has 0 radical (unpaired) electrons. The highest BCUT2D eigenvalue weighted by Crippen LogP contribution is 2.43. The van der Waals surface area contributed by atoms with Crippen LogP contribution in [-0.4, -0.2) is 36.4 Å². The smallest absolute Gasteiger partial charge is 0.415 e. The second-order valence-electron chi connectivity index (χ2n) is 5.96. The summed E-state index contributed by atoms with van der Waals surface area (Å²) in [5, 5.41) is 1.77. The molecule has 0 fully saturated rings. The van der Waals surface area contributed by atoms with Crippen molar-refractivity contribution in [2.45, 2.75) is 19.9 Å². The Morgan fingerprint density at radius 2 is 1.96 bits per heavy atom. The van der Waals surface area contributed by atoms with Gasteiger partial charge >= 0.3 is 12.1 Å². The number of carbonyl (C=O) groups is 3. The zero-order valence-corrected chi connectivity index (χ0v) is 14.3. The maximum atomic E-state index is 12.5. The number of nitrogens with zero attached hydrogens (tertiary/aromatic N) is 1. The first-order valence-corrected chi connectivity index (χ1v) is 8.09. The third-order valence-corrected chi connectivity index (χ3v) is 4.42. The summed E-state index contributed by atoms with van der Waals surface area (Å²) in [6.45, 7) is 3.17. The van der Waals surface area contributed by atoms with Crippen LogP contribution in [0.25, 0.3) is 10.8 Å². The van der Waals surface area contributed by atoms with Gasteiger partial charge in [0.25, 0.3) is 0 Å². The van der Waals surface area contributed by atoms with Gasteiger partial charge in [-0.3, -0.25) is 9.59 Å². The average molecular weight is 341 g/mol. The molecule has 6 heteroatoms. The maximum absolute atomic E-state index is 12.5. The first-order valence-electron chi connectivity index (χ1n) is 8.09. The van der Waals surface area contributed by atoms with Gasteiger partial charge in [0.1, 0.15) is 17.5 Å². The largest absolute Gasteiger partial charge is 0.465 e. The minimum absolute atomic E-state index is 0.159. The summed E-state index contributed by atoms with van der Waals surface area (Å²) in [7, 11) is 1.52. The van der Waals surface area contributed by atoms with Crippen LogP contribution in [0.2, 0.25) is 0 Å². The molecule has 1 aliphatic heterocycles. The van der Waals surface area contributed by atoms with Crippen LogP contribution in [-0.2, 0) is 14.3 Å². The molecule has 0 N–H and O–H groups in total. The number of amides is 1. The van der Waals surface area contributed by atoms with E-state index in [9.17, 15) is 14.4 Å². The standard InChI is InChI=1S/C19H19NO5/c1-4-24-18(22)15(11(2)21)17-16-13-8-6-5-7-12(13)9-10-14(16)25-19(23)20(17)3/h5-10,15,17H,4H2,1-3H3. The van der Waals surface area contributed by atoms with Crippen molar-refractivity contribution in [2.75, 3.05) is 13.7 Å². The van der Waals surface area contributed by atoms with E-state index in [0.717, 1.165) is 10.8 Å². The number of ketones is 1. The Labute approximate surface area is 145 Å². The molecule has 2 aromatic rings. The highest BCUT2D eigenvalue weighted by molar-refractivity contribution is 6.01. The van der Waals surface area contributed by atoms with Gasteiger partial charge in [-0.1, -0.05) is 30.3 Å². The average Bonchev–Trinajstić information content (AvgIpc) is 2.58. The minimum Gasteiger partial charge on any atom is -0.465 e. The van der Waals surface area contributed by atoms with Crippen LogP contribution >= 0.6 is 0 Å². The van der Waals surface area contributed by atoms with E-state index < -0.39 is 24.0 Å². The number of rotatable bonds is 4. The number of benzene rings is 2. The molecule has 0 bridgehead atoms. The zero-order valence-electron chi connectivity index (χ0n) is 14.3. The fourth-order valence-corrected chi connectivity index (χ4v) is 3.28. The van der Waals surface area contributed by atoms with Crippen LogP contribution in [0.4, 0.5) is 4.79 Å². The van der Waals surface area contributed by atoms with Crippen molar-refractivity contribution < 1.29 is 23.9 Å². The van der Waals surface area contributed by atoms with Crippen molar-refractivity contribution in [1.82, 2.24) is 4.90 Å². The van der Waals surface area contributed by atoms with Crippen LogP contribution < -0.4 is 4.74 Å². The van der Waals surface area contributed by atoms with Crippen molar-refractivity contribution in [3.8, 4) is 5.75 Å². The molecule has 1 heterocycles. The summed E-state index contributed by atoms with van der Waals surface area (Å²) in [5.41, 5.74) is 0.647. The fourth-order valence-electron chi connectivity index (χ4n) is 3.28. The van der Waals surface area contributed by atoms with Gasteiger partial charge in [-0.15, -0.1) is 0 Å². The van der Waals surface area contributed by atoms with Crippen molar-refractivity contribution in [3.05, 3.63) is 42.0 Å². The van der Waals surface area contributed by atoms with Gasteiger partial charge in [-0.05, 0) is 30.7 Å². The number of esters is 1. The molecule has 6 nitrogen and oxygen atoms in total. The van der Waals surface area contributed by atoms with E-state index in [1.807, 2.05) is 30.3 Å². The van der Waals surface area contributed by atoms with Crippen LogP contribution in [0.15, 0.2) is 36.4 Å². The van der Waals surface area contributed by atoms with Gasteiger partial charge in [-0.2, -0.15) is 0 Å². The van der Waals surface area contributed by atoms with E-state index in [1.54, 1.807) is 13.0 Å². The highest BCUT2D eigenvalue weighted by atomic mass is 16.6. The van der Waals surface area contributed by atoms with E-state index in [4.69, 9.17) is 9.47 Å². The summed E-state index contributed by atoms with van der Waals surface area (Å²) in [6, 6.07) is 10.3. The molecule has 3 rings (SSSR count). The Morgan fingerprint density at radius 1 is 1.24 bits per heavy atom. The Kier molecular flexibility index (Phi) is 4.44. The zero-order chi connectivity index (χ0) is 18.1. The van der Waals surface area contributed by atoms with Gasteiger partial charge in [-0.25, -0.2) is 4.79 Å². The summed E-state index contributed by atoms with van der Waals surface area (Å²) in [5.74, 6) is -1.74. The first kappa shape index (κ1) is 17.0. The molecule has 2 unspecified atom stereocenters. The van der Waals surface area contributed by atoms with Gasteiger partial charge in [0.15, 0.2) is 0 Å². The van der Waals surface area contributed by atoms with Gasteiger partial charge in [0, 0.05) is 12.6 Å². The lowest BCUT2D eigenvalue weighted by molar-refractivity contribution is -0.153.